The second-order valence-corrected chi connectivity index (χ2v) is 9.38. The third-order valence-electron chi connectivity index (χ3n) is 5.37. The summed E-state index contributed by atoms with van der Waals surface area (Å²) in [5.41, 5.74) is 0. The molecule has 6 heteroatoms. The molecule has 0 spiro atoms. The number of thioether (sulfide) groups is 1. The molecular formula is C27H48O5S. The second-order valence-electron chi connectivity index (χ2n) is 8.24. The number of carbonyl (C=O) groups excluding carboxylic acids is 2. The Balaban J connectivity index is 0.00000497. The number of rotatable bonds is 17. The quantitative estimate of drug-likeness (QED) is 0.121. The van der Waals surface area contributed by atoms with E-state index in [4.69, 9.17) is 9.47 Å². The van der Waals surface area contributed by atoms with Crippen molar-refractivity contribution < 1.29 is 23.8 Å². The molecule has 0 radical (unpaired) electrons. The Kier molecular flexibility index (Phi) is 20.5. The van der Waals surface area contributed by atoms with Gasteiger partial charge in [-0.25, -0.2) is 4.79 Å². The van der Waals surface area contributed by atoms with Crippen molar-refractivity contribution in [3.8, 4) is 0 Å². The first-order valence-corrected chi connectivity index (χ1v) is 13.9. The van der Waals surface area contributed by atoms with Crippen molar-refractivity contribution in [3.05, 3.63) is 22.8 Å². The molecule has 5 nitrogen and oxygen atoms in total. The summed E-state index contributed by atoms with van der Waals surface area (Å²) < 4.78 is 15.6. The van der Waals surface area contributed by atoms with Crippen LogP contribution in [-0.2, 0) is 23.8 Å². The highest BCUT2D eigenvalue weighted by atomic mass is 32.2. The zero-order chi connectivity index (χ0) is 24.9. The van der Waals surface area contributed by atoms with E-state index in [2.05, 4.69) is 30.7 Å². The molecule has 2 unspecified atom stereocenters. The van der Waals surface area contributed by atoms with Crippen molar-refractivity contribution in [1.29, 1.82) is 0 Å². The van der Waals surface area contributed by atoms with E-state index in [0.29, 0.717) is 18.9 Å². The van der Waals surface area contributed by atoms with Gasteiger partial charge in [0, 0.05) is 36.0 Å². The van der Waals surface area contributed by atoms with Crippen molar-refractivity contribution in [2.24, 2.45) is 11.8 Å². The fraction of sp³-hybridized carbons (Fsp3) is 0.778. The minimum atomic E-state index is -0.356. The molecule has 0 aromatic rings. The molecule has 0 aromatic heterocycles. The molecule has 1 aliphatic rings. The number of carbonyl (C=O) groups is 2. The lowest BCUT2D eigenvalue weighted by Gasteiger charge is -2.13. The van der Waals surface area contributed by atoms with E-state index < -0.39 is 0 Å². The van der Waals surface area contributed by atoms with Crippen LogP contribution in [0.4, 0.5) is 0 Å². The molecule has 1 rings (SSSR count). The van der Waals surface area contributed by atoms with Crippen LogP contribution in [0.25, 0.3) is 0 Å². The fourth-order valence-electron chi connectivity index (χ4n) is 3.51. The van der Waals surface area contributed by atoms with Gasteiger partial charge in [0.25, 0.3) is 0 Å². The lowest BCUT2D eigenvalue weighted by atomic mass is 9.98. The number of methoxy groups -OCH3 is 1. The van der Waals surface area contributed by atoms with Gasteiger partial charge in [0.2, 0.25) is 0 Å². The Morgan fingerprint density at radius 1 is 1.12 bits per heavy atom. The Morgan fingerprint density at radius 2 is 1.88 bits per heavy atom. The number of hydrogen-bond acceptors (Lipinski definition) is 6. The largest absolute Gasteiger partial charge is 0.467 e. The number of ether oxygens (including phenoxy) is 3. The standard InChI is InChI=1S/C25H42O5S.C2H6/c1-5-7-12-20(3)13-8-9-14-21-15-16-22(30-23(26)11-6-2)25(21)31-18-10-17-29-19-24(27)28-4;1-2/h9,14,20-21H,5-8,10-13,15-19H2,1-4H3;1-2H3/b14-9+;. The predicted molar refractivity (Wildman–Crippen MR) is 139 cm³/mol. The predicted octanol–water partition coefficient (Wildman–Crippen LogP) is 7.45. The van der Waals surface area contributed by atoms with E-state index in [1.54, 1.807) is 11.8 Å². The molecule has 0 saturated heterocycles. The number of esters is 2. The van der Waals surface area contributed by atoms with Crippen molar-refractivity contribution in [1.82, 2.24) is 0 Å². The van der Waals surface area contributed by atoms with E-state index in [1.165, 1.54) is 37.7 Å². The summed E-state index contributed by atoms with van der Waals surface area (Å²) in [7, 11) is 1.36. The monoisotopic (exact) mass is 484 g/mol. The summed E-state index contributed by atoms with van der Waals surface area (Å²) >= 11 is 1.76. The highest BCUT2D eigenvalue weighted by molar-refractivity contribution is 8.03. The van der Waals surface area contributed by atoms with Crippen molar-refractivity contribution >= 4 is 23.7 Å². The maximum Gasteiger partial charge on any atom is 0.331 e. The highest BCUT2D eigenvalue weighted by Crippen LogP contribution is 2.41. The second kappa shape index (κ2) is 21.3. The van der Waals surface area contributed by atoms with Crippen molar-refractivity contribution in [2.45, 2.75) is 98.8 Å². The molecule has 1 aliphatic carbocycles. The lowest BCUT2D eigenvalue weighted by molar-refractivity contribution is -0.145. The first-order valence-electron chi connectivity index (χ1n) is 12.9. The fourth-order valence-corrected chi connectivity index (χ4v) is 4.71. The summed E-state index contributed by atoms with van der Waals surface area (Å²) in [6.07, 6.45) is 14.7. The number of hydrogen-bond donors (Lipinski definition) is 0. The van der Waals surface area contributed by atoms with Gasteiger partial charge in [0.1, 0.15) is 12.4 Å². The Hall–Kier alpha value is -1.27. The van der Waals surface area contributed by atoms with Crippen LogP contribution in [0.2, 0.25) is 0 Å². The highest BCUT2D eigenvalue weighted by Gasteiger charge is 2.26. The van der Waals surface area contributed by atoms with Crippen LogP contribution in [0, 0.1) is 11.8 Å². The number of unbranched alkanes of at least 4 members (excludes halogenated alkanes) is 1. The first kappa shape index (κ1) is 31.7. The van der Waals surface area contributed by atoms with Crippen LogP contribution in [-0.4, -0.2) is 38.0 Å². The summed E-state index contributed by atoms with van der Waals surface area (Å²) in [5, 5.41) is 0. The average molecular weight is 485 g/mol. The van der Waals surface area contributed by atoms with Crippen LogP contribution >= 0.6 is 11.8 Å². The van der Waals surface area contributed by atoms with Gasteiger partial charge in [-0.1, -0.05) is 66.0 Å². The summed E-state index contributed by atoms with van der Waals surface area (Å²) in [6.45, 7) is 11.1. The zero-order valence-corrected chi connectivity index (χ0v) is 22.8. The van der Waals surface area contributed by atoms with Gasteiger partial charge in [-0.3, -0.25) is 4.79 Å². The maximum atomic E-state index is 12.0. The summed E-state index contributed by atoms with van der Waals surface area (Å²) in [5.74, 6) is 2.33. The summed E-state index contributed by atoms with van der Waals surface area (Å²) in [4.78, 5) is 24.3. The topological polar surface area (TPSA) is 61.8 Å². The molecule has 0 bridgehead atoms. The molecule has 0 amide bonds. The molecule has 2 atom stereocenters. The minimum Gasteiger partial charge on any atom is -0.467 e. The average Bonchev–Trinajstić information content (AvgIpc) is 3.19. The molecule has 0 fully saturated rings. The smallest absolute Gasteiger partial charge is 0.331 e. The Labute approximate surface area is 207 Å². The van der Waals surface area contributed by atoms with Gasteiger partial charge in [0.15, 0.2) is 0 Å². The molecule has 33 heavy (non-hydrogen) atoms. The van der Waals surface area contributed by atoms with Gasteiger partial charge in [0.05, 0.1) is 7.11 Å². The van der Waals surface area contributed by atoms with Crippen LogP contribution in [0.1, 0.15) is 98.8 Å². The Morgan fingerprint density at radius 3 is 2.55 bits per heavy atom. The van der Waals surface area contributed by atoms with Crippen LogP contribution < -0.4 is 0 Å². The number of allylic oxidation sites excluding steroid dienone is 4. The van der Waals surface area contributed by atoms with E-state index in [0.717, 1.165) is 49.5 Å². The van der Waals surface area contributed by atoms with Gasteiger partial charge >= 0.3 is 11.9 Å². The molecule has 0 N–H and O–H groups in total. The van der Waals surface area contributed by atoms with E-state index >= 15 is 0 Å². The van der Waals surface area contributed by atoms with Gasteiger partial charge < -0.3 is 14.2 Å². The van der Waals surface area contributed by atoms with Gasteiger partial charge in [-0.2, -0.15) is 0 Å². The molecular weight excluding hydrogens is 436 g/mol. The molecule has 0 heterocycles. The van der Waals surface area contributed by atoms with Crippen LogP contribution in [0.5, 0.6) is 0 Å². The summed E-state index contributed by atoms with van der Waals surface area (Å²) in [6, 6.07) is 0. The molecule has 0 aliphatic heterocycles. The third-order valence-corrected chi connectivity index (χ3v) is 6.70. The van der Waals surface area contributed by atoms with Crippen molar-refractivity contribution in [2.75, 3.05) is 26.1 Å². The van der Waals surface area contributed by atoms with Gasteiger partial charge in [-0.15, -0.1) is 11.8 Å². The minimum absolute atomic E-state index is 0.00815. The Bertz CT molecular complexity index is 585. The van der Waals surface area contributed by atoms with E-state index in [-0.39, 0.29) is 18.5 Å². The lowest BCUT2D eigenvalue weighted by Crippen LogP contribution is -2.11. The van der Waals surface area contributed by atoms with E-state index in [1.807, 2.05) is 20.8 Å². The molecule has 192 valence electrons. The molecule has 0 aromatic carbocycles. The third kappa shape index (κ3) is 15.3. The SMILES string of the molecule is CC.CCCCC(C)CC/C=C/C1CCC(OC(=O)CCC)=C1SCCCOCC(=O)OC. The molecule has 0 saturated carbocycles. The normalized spacial score (nSPS) is 16.5. The van der Waals surface area contributed by atoms with Crippen LogP contribution in [0.15, 0.2) is 22.8 Å². The zero-order valence-electron chi connectivity index (χ0n) is 22.0. The van der Waals surface area contributed by atoms with Crippen molar-refractivity contribution in [3.63, 3.8) is 0 Å². The van der Waals surface area contributed by atoms with E-state index in [9.17, 15) is 9.59 Å². The maximum absolute atomic E-state index is 12.0. The van der Waals surface area contributed by atoms with Crippen LogP contribution in [0.3, 0.4) is 0 Å². The first-order chi connectivity index (χ1) is 16.0. The van der Waals surface area contributed by atoms with Gasteiger partial charge in [-0.05, 0) is 38.0 Å².